The van der Waals surface area contributed by atoms with Crippen molar-refractivity contribution < 1.29 is 117 Å². The number of amides is 9. The summed E-state index contributed by atoms with van der Waals surface area (Å²) in [5.41, 5.74) is 5.21. The van der Waals surface area contributed by atoms with Crippen molar-refractivity contribution in [1.29, 1.82) is 0 Å². The van der Waals surface area contributed by atoms with Crippen LogP contribution < -0.4 is 53.6 Å². The van der Waals surface area contributed by atoms with Crippen LogP contribution in [-0.4, -0.2) is 236 Å². The van der Waals surface area contributed by atoms with Gasteiger partial charge in [-0.3, -0.25) is 47.9 Å². The molecule has 0 heterocycles. The van der Waals surface area contributed by atoms with E-state index in [1.807, 2.05) is 0 Å². The van der Waals surface area contributed by atoms with Crippen LogP contribution in [0, 0.1) is 0 Å². The normalized spacial score (nSPS) is 13.3. The van der Waals surface area contributed by atoms with Gasteiger partial charge in [0.1, 0.15) is 43.4 Å². The molecule has 0 rings (SSSR count). The second kappa shape index (κ2) is 55.6. The monoisotopic (exact) mass is 1360 g/mol. The van der Waals surface area contributed by atoms with Crippen molar-refractivity contribution >= 4 is 83.0 Å². The molecule has 95 heavy (non-hydrogen) atoms. The highest BCUT2D eigenvalue weighted by Crippen LogP contribution is 2.15. The minimum absolute atomic E-state index is 0.00288. The number of carbonyl (C=O) groups excluding carboxylic acids is 9. The fourth-order valence-corrected chi connectivity index (χ4v) is 9.16. The summed E-state index contributed by atoms with van der Waals surface area (Å²) >= 11 is 0. The van der Waals surface area contributed by atoms with Gasteiger partial charge in [-0.25, -0.2) is 19.2 Å². The van der Waals surface area contributed by atoms with Crippen LogP contribution in [0.2, 0.25) is 0 Å². The smallest absolute Gasteiger partial charge is 0.326 e. The van der Waals surface area contributed by atoms with E-state index in [-0.39, 0.29) is 117 Å². The van der Waals surface area contributed by atoms with Crippen molar-refractivity contribution in [2.24, 2.45) is 5.73 Å². The molecule has 0 aromatic rings. The van der Waals surface area contributed by atoms with E-state index in [1.165, 1.54) is 39.7 Å². The zero-order valence-corrected chi connectivity index (χ0v) is 55.0. The molecule has 34 nitrogen and oxygen atoms in total. The lowest BCUT2D eigenvalue weighted by molar-refractivity contribution is -0.144. The van der Waals surface area contributed by atoms with Crippen LogP contribution >= 0.6 is 0 Å². The average Bonchev–Trinajstić information content (AvgIpc) is 1.58. The first-order chi connectivity index (χ1) is 45.3. The molecule has 7 unspecified atom stereocenters. The Morgan fingerprint density at radius 2 is 0.684 bits per heavy atom. The molecule has 0 aliphatic heterocycles. The first-order valence-corrected chi connectivity index (χ1v) is 32.6. The number of nitrogens with one attached hydrogen (secondary N) is 9. The van der Waals surface area contributed by atoms with Crippen molar-refractivity contribution in [3.8, 4) is 0 Å². The second-order valence-electron chi connectivity index (χ2n) is 22.7. The molecule has 544 valence electrons. The number of likely N-dealkylation sites (N-methyl/N-ethyl adjacent to an activating group) is 1. The number of unbranched alkanes of at least 4 members (excludes halogenated alkanes) is 14. The van der Waals surface area contributed by atoms with Crippen molar-refractivity contribution in [2.75, 3.05) is 79.5 Å². The second-order valence-corrected chi connectivity index (χ2v) is 22.7. The standard InChI is InChI=1S/C61H106N10O24/c1-41(72)55(56(62)82)71-57(83)42(63-2)19-17-18-30-64-47(73)26-22-43(58(84)85)68-51(77)29-25-46(61(90)91)70-53(79)40-95-38-36-93-34-32-66-52(78)39-94-37-35-92-33-31-65-48(74)27-23-44(59(86)87)69-50(76)28-24-45(60(88)89)67-49(75)20-15-13-11-9-7-5-3-4-6-8-10-12-14-16-21-54(80)81/h41-46,55,63,72H,3-40H2,1-2H3,(H2,62,82)(H,64,73)(H,65,74)(H,66,78)(H,67,75)(H,68,77)(H,69,76)(H,70,79)(H,71,83)(H,80,81)(H,84,85)(H,86,87)(H,88,89)(H,90,91). The van der Waals surface area contributed by atoms with Crippen molar-refractivity contribution in [2.45, 2.75) is 223 Å². The molecule has 0 aliphatic rings. The number of nitrogens with two attached hydrogens (primary N) is 1. The molecule has 34 heteroatoms. The molecule has 0 saturated carbocycles. The molecule has 0 radical (unpaired) electrons. The van der Waals surface area contributed by atoms with Crippen molar-refractivity contribution in [1.82, 2.24) is 47.9 Å². The SMILES string of the molecule is CNC(CCCCNC(=O)CCC(NC(=O)CCC(NC(=O)COCCOCCNC(=O)COCCOCCNC(=O)CCC(NC(=O)CCC(NC(=O)CCCCCCCCCCCCCCCCC(=O)O)C(=O)O)C(=O)O)C(=O)O)C(=O)O)C(=O)NC(C(N)=O)C(C)O. The molecule has 9 amide bonds. The van der Waals surface area contributed by atoms with E-state index in [1.54, 1.807) is 0 Å². The van der Waals surface area contributed by atoms with E-state index in [2.05, 4.69) is 47.9 Å². The van der Waals surface area contributed by atoms with Gasteiger partial charge in [0.05, 0.1) is 51.8 Å². The molecule has 0 bridgehead atoms. The lowest BCUT2D eigenvalue weighted by atomic mass is 10.0. The number of ether oxygens (including phenoxy) is 4. The first kappa shape index (κ1) is 87.3. The van der Waals surface area contributed by atoms with E-state index in [9.17, 15) is 92.7 Å². The zero-order valence-electron chi connectivity index (χ0n) is 55.0. The lowest BCUT2D eigenvalue weighted by Crippen LogP contribution is -2.55. The maximum absolute atomic E-state index is 12.6. The Hall–Kier alpha value is -7.66. The summed E-state index contributed by atoms with van der Waals surface area (Å²) in [6, 6.07) is -7.79. The van der Waals surface area contributed by atoms with E-state index in [4.69, 9.17) is 29.8 Å². The van der Waals surface area contributed by atoms with Gasteiger partial charge in [0, 0.05) is 58.2 Å². The van der Waals surface area contributed by atoms with Gasteiger partial charge < -0.3 is 103 Å². The number of hydrogen-bond donors (Lipinski definition) is 16. The maximum Gasteiger partial charge on any atom is 0.326 e. The molecule has 7 atom stereocenters. The Balaban J connectivity index is 4.18. The highest BCUT2D eigenvalue weighted by molar-refractivity contribution is 5.90. The Kier molecular flexibility index (Phi) is 51.1. The van der Waals surface area contributed by atoms with Gasteiger partial charge >= 0.3 is 29.8 Å². The predicted molar refractivity (Wildman–Crippen MR) is 339 cm³/mol. The van der Waals surface area contributed by atoms with Gasteiger partial charge in [0.2, 0.25) is 53.2 Å². The zero-order chi connectivity index (χ0) is 71.2. The highest BCUT2D eigenvalue weighted by Gasteiger charge is 2.29. The highest BCUT2D eigenvalue weighted by atomic mass is 16.5. The van der Waals surface area contributed by atoms with E-state index in [0.29, 0.717) is 25.7 Å². The number of carbonyl (C=O) groups is 14. The summed E-state index contributed by atoms with van der Waals surface area (Å²) < 4.78 is 21.2. The number of aliphatic hydroxyl groups excluding tert-OH is 1. The molecule has 0 aromatic carbocycles. The van der Waals surface area contributed by atoms with Crippen LogP contribution in [0.5, 0.6) is 0 Å². The third kappa shape index (κ3) is 49.5. The predicted octanol–water partition coefficient (Wildman–Crippen LogP) is -0.765. The summed E-state index contributed by atoms with van der Waals surface area (Å²) in [7, 11) is 1.53. The molecule has 0 saturated heterocycles. The fourth-order valence-electron chi connectivity index (χ4n) is 9.16. The van der Waals surface area contributed by atoms with Crippen molar-refractivity contribution in [3.63, 3.8) is 0 Å². The number of aliphatic carboxylic acids is 5. The molecule has 17 N–H and O–H groups in total. The van der Waals surface area contributed by atoms with Crippen molar-refractivity contribution in [3.05, 3.63) is 0 Å². The Labute approximate surface area is 553 Å². The Bertz CT molecular complexity index is 2330. The molecule has 0 fully saturated rings. The summed E-state index contributed by atoms with van der Waals surface area (Å²) in [6.07, 6.45) is 11.9. The fraction of sp³-hybridized carbons (Fsp3) is 0.770. The van der Waals surface area contributed by atoms with Crippen LogP contribution in [0.3, 0.4) is 0 Å². The minimum Gasteiger partial charge on any atom is -0.481 e. The number of rotatable bonds is 63. The number of primary amides is 1. The topological polar surface area (TPSA) is 532 Å². The Morgan fingerprint density at radius 1 is 0.347 bits per heavy atom. The summed E-state index contributed by atoms with van der Waals surface area (Å²) in [6.45, 7) is 0.894. The maximum atomic E-state index is 12.6. The molecule has 0 spiro atoms. The number of carboxylic acid groups (broad SMARTS) is 5. The first-order valence-electron chi connectivity index (χ1n) is 32.6. The van der Waals surface area contributed by atoms with E-state index >= 15 is 0 Å². The van der Waals surface area contributed by atoms with Crippen LogP contribution in [0.1, 0.15) is 180 Å². The summed E-state index contributed by atoms with van der Waals surface area (Å²) in [5.74, 6) is -12.2. The van der Waals surface area contributed by atoms with Crippen LogP contribution in [0.4, 0.5) is 0 Å². The van der Waals surface area contributed by atoms with Gasteiger partial charge in [-0.05, 0) is 71.8 Å². The minimum atomic E-state index is -1.53. The van der Waals surface area contributed by atoms with Gasteiger partial charge in [-0.15, -0.1) is 0 Å². The lowest BCUT2D eigenvalue weighted by Gasteiger charge is -2.22. The van der Waals surface area contributed by atoms with Crippen LogP contribution in [0.15, 0.2) is 0 Å². The van der Waals surface area contributed by atoms with Gasteiger partial charge in [-0.2, -0.15) is 0 Å². The third-order valence-electron chi connectivity index (χ3n) is 14.6. The molecule has 0 aromatic heterocycles. The molecular weight excluding hydrogens is 1260 g/mol. The van der Waals surface area contributed by atoms with Gasteiger partial charge in [0.15, 0.2) is 0 Å². The number of aliphatic hydroxyl groups is 1. The van der Waals surface area contributed by atoms with Gasteiger partial charge in [-0.1, -0.05) is 77.0 Å². The summed E-state index contributed by atoms with van der Waals surface area (Å²) in [5, 5.41) is 78.9. The van der Waals surface area contributed by atoms with Gasteiger partial charge in [0.25, 0.3) is 0 Å². The van der Waals surface area contributed by atoms with Crippen LogP contribution in [0.25, 0.3) is 0 Å². The molecule has 0 aliphatic carbocycles. The van der Waals surface area contributed by atoms with E-state index < -0.39 is 145 Å². The number of carboxylic acids is 5. The third-order valence-corrected chi connectivity index (χ3v) is 14.6. The average molecular weight is 1360 g/mol. The Morgan fingerprint density at radius 3 is 1.06 bits per heavy atom. The number of hydrogen-bond acceptors (Lipinski definition) is 20. The van der Waals surface area contributed by atoms with E-state index in [0.717, 1.165) is 57.8 Å². The largest absolute Gasteiger partial charge is 0.481 e. The summed E-state index contributed by atoms with van der Waals surface area (Å²) in [4.78, 5) is 169. The molecular formula is C61H106N10O24. The van der Waals surface area contributed by atoms with Crippen LogP contribution in [-0.2, 0) is 86.1 Å². The quantitative estimate of drug-likeness (QED) is 0.0333.